The van der Waals surface area contributed by atoms with Crippen molar-refractivity contribution in [3.8, 4) is 0 Å². The number of rotatable bonds is 7. The fourth-order valence-electron chi connectivity index (χ4n) is 2.69. The van der Waals surface area contributed by atoms with Crippen LogP contribution in [0.25, 0.3) is 0 Å². The van der Waals surface area contributed by atoms with Crippen molar-refractivity contribution in [1.82, 2.24) is 5.32 Å². The molecule has 0 radical (unpaired) electrons. The molecule has 4 nitrogen and oxygen atoms in total. The van der Waals surface area contributed by atoms with Crippen LogP contribution in [0.15, 0.2) is 12.1 Å². The van der Waals surface area contributed by atoms with Crippen LogP contribution < -0.4 is 5.32 Å². The molecule has 0 saturated heterocycles. The number of ether oxygens (including phenoxy) is 1. The van der Waals surface area contributed by atoms with Crippen LogP contribution in [0.5, 0.6) is 0 Å². The third-order valence-corrected chi connectivity index (χ3v) is 6.34. The van der Waals surface area contributed by atoms with Crippen molar-refractivity contribution in [3.63, 3.8) is 0 Å². The van der Waals surface area contributed by atoms with Crippen LogP contribution >= 0.6 is 34.7 Å². The summed E-state index contributed by atoms with van der Waals surface area (Å²) in [5, 5.41) is 3.01. The quantitative estimate of drug-likeness (QED) is 0.554. The predicted octanol–water partition coefficient (Wildman–Crippen LogP) is 4.41. The van der Waals surface area contributed by atoms with E-state index in [9.17, 15) is 9.59 Å². The van der Waals surface area contributed by atoms with Gasteiger partial charge in [0.05, 0.1) is 10.1 Å². The maximum Gasteiger partial charge on any atom is 0.316 e. The van der Waals surface area contributed by atoms with E-state index in [4.69, 9.17) is 16.3 Å². The Morgan fingerprint density at radius 1 is 1.33 bits per heavy atom. The van der Waals surface area contributed by atoms with Crippen molar-refractivity contribution in [2.45, 2.75) is 63.3 Å². The maximum atomic E-state index is 12.1. The van der Waals surface area contributed by atoms with Crippen molar-refractivity contribution >= 4 is 46.6 Å². The lowest BCUT2D eigenvalue weighted by atomic mass is 10.1. The van der Waals surface area contributed by atoms with Gasteiger partial charge in [0.25, 0.3) is 5.91 Å². The van der Waals surface area contributed by atoms with E-state index in [-0.39, 0.29) is 23.7 Å². The van der Waals surface area contributed by atoms with E-state index >= 15 is 0 Å². The topological polar surface area (TPSA) is 55.4 Å². The normalized spacial score (nSPS) is 17.1. The second-order valence-electron chi connectivity index (χ2n) is 6.03. The summed E-state index contributed by atoms with van der Waals surface area (Å²) in [5.74, 6) is 0.405. The highest BCUT2D eigenvalue weighted by Gasteiger charge is 2.21. The van der Waals surface area contributed by atoms with E-state index in [1.165, 1.54) is 35.9 Å². The molecule has 1 amide bonds. The van der Waals surface area contributed by atoms with Crippen molar-refractivity contribution in [3.05, 3.63) is 21.3 Å². The van der Waals surface area contributed by atoms with Gasteiger partial charge in [0, 0.05) is 16.7 Å². The van der Waals surface area contributed by atoms with E-state index in [2.05, 4.69) is 5.32 Å². The Kier molecular flexibility index (Phi) is 8.42. The first-order valence-electron chi connectivity index (χ1n) is 8.36. The smallest absolute Gasteiger partial charge is 0.316 e. The van der Waals surface area contributed by atoms with E-state index in [1.807, 2.05) is 12.1 Å². The summed E-state index contributed by atoms with van der Waals surface area (Å²) in [7, 11) is 0. The Labute approximate surface area is 156 Å². The van der Waals surface area contributed by atoms with Gasteiger partial charge in [-0.05, 0) is 31.9 Å². The maximum absolute atomic E-state index is 12.1. The summed E-state index contributed by atoms with van der Waals surface area (Å²) in [6, 6.07) is 4.02. The van der Waals surface area contributed by atoms with Crippen LogP contribution in [0.3, 0.4) is 0 Å². The molecule has 1 aliphatic carbocycles. The zero-order valence-corrected chi connectivity index (χ0v) is 16.3. The van der Waals surface area contributed by atoms with Crippen LogP contribution in [0.4, 0.5) is 0 Å². The predicted molar refractivity (Wildman–Crippen MR) is 101 cm³/mol. The van der Waals surface area contributed by atoms with E-state index < -0.39 is 6.10 Å². The number of thiophene rings is 1. The van der Waals surface area contributed by atoms with Crippen molar-refractivity contribution in [2.24, 2.45) is 0 Å². The lowest BCUT2D eigenvalue weighted by Crippen LogP contribution is -2.42. The van der Waals surface area contributed by atoms with E-state index in [1.54, 1.807) is 6.92 Å². The van der Waals surface area contributed by atoms with Gasteiger partial charge in [-0.3, -0.25) is 9.59 Å². The van der Waals surface area contributed by atoms with Crippen LogP contribution in [0.1, 0.15) is 50.3 Å². The monoisotopic (exact) mass is 389 g/mol. The first kappa shape index (κ1) is 19.6. The number of hydrogen-bond donors (Lipinski definition) is 1. The van der Waals surface area contributed by atoms with Crippen molar-refractivity contribution in [1.29, 1.82) is 0 Å². The molecule has 0 spiro atoms. The zero-order valence-electron chi connectivity index (χ0n) is 13.9. The molecule has 1 aliphatic rings. The van der Waals surface area contributed by atoms with E-state index in [0.717, 1.165) is 40.6 Å². The minimum Gasteiger partial charge on any atom is -0.452 e. The molecule has 0 aromatic carbocycles. The Bertz CT molecular complexity index is 542. The molecule has 1 heterocycles. The van der Waals surface area contributed by atoms with Gasteiger partial charge in [0.2, 0.25) is 0 Å². The highest BCUT2D eigenvalue weighted by Crippen LogP contribution is 2.25. The number of esters is 1. The second kappa shape index (κ2) is 10.3. The van der Waals surface area contributed by atoms with Crippen LogP contribution in [-0.2, 0) is 20.1 Å². The highest BCUT2D eigenvalue weighted by molar-refractivity contribution is 7.99. The van der Waals surface area contributed by atoms with Crippen molar-refractivity contribution in [2.75, 3.05) is 5.75 Å². The highest BCUT2D eigenvalue weighted by atomic mass is 35.5. The summed E-state index contributed by atoms with van der Waals surface area (Å²) in [4.78, 5) is 25.1. The van der Waals surface area contributed by atoms with Gasteiger partial charge in [0.15, 0.2) is 6.10 Å². The Morgan fingerprint density at radius 2 is 2.04 bits per heavy atom. The molecule has 134 valence electrons. The third kappa shape index (κ3) is 7.03. The average molecular weight is 390 g/mol. The summed E-state index contributed by atoms with van der Waals surface area (Å²) >= 11 is 8.84. The molecule has 7 heteroatoms. The largest absolute Gasteiger partial charge is 0.452 e. The number of thioether (sulfide) groups is 1. The summed E-state index contributed by atoms with van der Waals surface area (Å²) in [6.07, 6.45) is 6.09. The molecular weight excluding hydrogens is 366 g/mol. The fourth-order valence-corrected chi connectivity index (χ4v) is 4.69. The SMILES string of the molecule is C[C@@H](OC(=O)CSCc1ccc(Cl)s1)C(=O)NC1CCCCCC1. The number of carbonyl (C=O) groups is 2. The van der Waals surface area contributed by atoms with Crippen LogP contribution in [0, 0.1) is 0 Å². The molecule has 0 unspecified atom stereocenters. The second-order valence-corrected chi connectivity index (χ2v) is 8.81. The zero-order chi connectivity index (χ0) is 17.4. The van der Waals surface area contributed by atoms with Gasteiger partial charge in [-0.15, -0.1) is 23.1 Å². The Morgan fingerprint density at radius 3 is 2.67 bits per heavy atom. The van der Waals surface area contributed by atoms with Gasteiger partial charge in [-0.1, -0.05) is 37.3 Å². The molecule has 0 aliphatic heterocycles. The Hall–Kier alpha value is -0.720. The molecule has 1 aromatic rings. The minimum absolute atomic E-state index is 0.190. The molecule has 1 fully saturated rings. The van der Waals surface area contributed by atoms with Gasteiger partial charge in [-0.25, -0.2) is 0 Å². The van der Waals surface area contributed by atoms with Crippen LogP contribution in [0.2, 0.25) is 4.34 Å². The number of halogens is 1. The van der Waals surface area contributed by atoms with Gasteiger partial charge in [-0.2, -0.15) is 0 Å². The number of hydrogen-bond acceptors (Lipinski definition) is 5. The lowest BCUT2D eigenvalue weighted by Gasteiger charge is -2.19. The molecule has 1 aromatic heterocycles. The van der Waals surface area contributed by atoms with Gasteiger partial charge < -0.3 is 10.1 Å². The number of nitrogens with one attached hydrogen (secondary N) is 1. The fraction of sp³-hybridized carbons (Fsp3) is 0.647. The first-order valence-corrected chi connectivity index (χ1v) is 10.7. The molecule has 1 saturated carbocycles. The third-order valence-electron chi connectivity index (χ3n) is 3.97. The van der Waals surface area contributed by atoms with E-state index in [0.29, 0.717) is 0 Å². The molecule has 0 bridgehead atoms. The molecular formula is C17H24ClNO3S2. The molecule has 2 rings (SSSR count). The Balaban J connectivity index is 1.65. The first-order chi connectivity index (χ1) is 11.5. The van der Waals surface area contributed by atoms with Gasteiger partial charge in [0.1, 0.15) is 0 Å². The van der Waals surface area contributed by atoms with Gasteiger partial charge >= 0.3 is 5.97 Å². The minimum atomic E-state index is -0.738. The molecule has 24 heavy (non-hydrogen) atoms. The van der Waals surface area contributed by atoms with Crippen molar-refractivity contribution < 1.29 is 14.3 Å². The summed E-state index contributed by atoms with van der Waals surface area (Å²) in [6.45, 7) is 1.63. The standard InChI is InChI=1S/C17H24ClNO3S2/c1-12(17(21)19-13-6-4-2-3-5-7-13)22-16(20)11-23-10-14-8-9-15(18)24-14/h8-9,12-13H,2-7,10-11H2,1H3,(H,19,21)/t12-/m1/s1. The average Bonchev–Trinajstić information content (AvgIpc) is 2.79. The lowest BCUT2D eigenvalue weighted by molar-refractivity contribution is -0.152. The summed E-state index contributed by atoms with van der Waals surface area (Å²) in [5.41, 5.74) is 0. The number of amides is 1. The number of carbonyl (C=O) groups excluding carboxylic acids is 2. The molecule has 1 N–H and O–H groups in total. The van der Waals surface area contributed by atoms with Crippen LogP contribution in [-0.4, -0.2) is 29.8 Å². The molecule has 1 atom stereocenters. The summed E-state index contributed by atoms with van der Waals surface area (Å²) < 4.78 is 5.98.